The second-order valence-corrected chi connectivity index (χ2v) is 5.88. The van der Waals surface area contributed by atoms with Crippen LogP contribution in [0.25, 0.3) is 0 Å². The van der Waals surface area contributed by atoms with Gasteiger partial charge in [0.25, 0.3) is 5.91 Å². The van der Waals surface area contributed by atoms with E-state index in [1.165, 1.54) is 0 Å². The molecule has 1 N–H and O–H groups in total. The molecule has 0 saturated carbocycles. The van der Waals surface area contributed by atoms with E-state index in [-0.39, 0.29) is 29.8 Å². The number of halogens is 3. The second-order valence-electron chi connectivity index (χ2n) is 5.88. The largest absolute Gasteiger partial charge is 0.339 e. The minimum Gasteiger partial charge on any atom is -0.339 e. The van der Waals surface area contributed by atoms with E-state index >= 15 is 0 Å². The standard InChI is InChI=1S/C16H20F2N2O.ClH/c17-14-10-12(16(21)20-7-1-2-8-20)9-13(15(14)18)11-3-5-19-6-4-11;/h9-11,19H,1-8H2;1H. The van der Waals surface area contributed by atoms with Crippen LogP contribution in [-0.4, -0.2) is 37.0 Å². The molecular weight excluding hydrogens is 310 g/mol. The Morgan fingerprint density at radius 3 is 2.41 bits per heavy atom. The summed E-state index contributed by atoms with van der Waals surface area (Å²) < 4.78 is 28.0. The first kappa shape index (κ1) is 17.2. The molecule has 2 heterocycles. The third-order valence-electron chi connectivity index (χ3n) is 4.48. The fourth-order valence-electron chi connectivity index (χ4n) is 3.27. The van der Waals surface area contributed by atoms with Crippen molar-refractivity contribution in [2.75, 3.05) is 26.2 Å². The highest BCUT2D eigenvalue weighted by Gasteiger charge is 2.25. The van der Waals surface area contributed by atoms with Gasteiger partial charge in [-0.2, -0.15) is 0 Å². The summed E-state index contributed by atoms with van der Waals surface area (Å²) in [6.07, 6.45) is 3.52. The topological polar surface area (TPSA) is 32.3 Å². The number of benzene rings is 1. The summed E-state index contributed by atoms with van der Waals surface area (Å²) in [7, 11) is 0. The summed E-state index contributed by atoms with van der Waals surface area (Å²) in [4.78, 5) is 14.1. The molecule has 0 bridgehead atoms. The number of likely N-dealkylation sites (tertiary alicyclic amines) is 1. The van der Waals surface area contributed by atoms with Gasteiger partial charge in [0.2, 0.25) is 0 Å². The van der Waals surface area contributed by atoms with Crippen LogP contribution in [-0.2, 0) is 0 Å². The zero-order valence-electron chi connectivity index (χ0n) is 12.4. The Morgan fingerprint density at radius 1 is 1.14 bits per heavy atom. The Bertz CT molecular complexity index is 541. The normalized spacial score (nSPS) is 19.1. The van der Waals surface area contributed by atoms with Crippen LogP contribution in [0.1, 0.15) is 47.5 Å². The molecule has 1 amide bonds. The highest BCUT2D eigenvalue weighted by Crippen LogP contribution is 2.30. The number of piperidine rings is 1. The molecule has 2 fully saturated rings. The van der Waals surface area contributed by atoms with Crippen molar-refractivity contribution in [2.45, 2.75) is 31.6 Å². The number of nitrogens with one attached hydrogen (secondary N) is 1. The van der Waals surface area contributed by atoms with E-state index in [0.717, 1.165) is 44.8 Å². The third kappa shape index (κ3) is 3.41. The Morgan fingerprint density at radius 2 is 1.77 bits per heavy atom. The van der Waals surface area contributed by atoms with Gasteiger partial charge in [-0.15, -0.1) is 12.4 Å². The van der Waals surface area contributed by atoms with E-state index in [1.807, 2.05) is 0 Å². The van der Waals surface area contributed by atoms with Crippen LogP contribution in [0.3, 0.4) is 0 Å². The molecule has 22 heavy (non-hydrogen) atoms. The maximum atomic E-state index is 14.1. The summed E-state index contributed by atoms with van der Waals surface area (Å²) in [6, 6.07) is 2.61. The minimum atomic E-state index is -0.909. The van der Waals surface area contributed by atoms with Crippen molar-refractivity contribution in [2.24, 2.45) is 0 Å². The predicted molar refractivity (Wildman–Crippen MR) is 83.6 cm³/mol. The predicted octanol–water partition coefficient (Wildman–Crippen LogP) is 3.09. The van der Waals surface area contributed by atoms with Crippen LogP contribution < -0.4 is 5.32 Å². The summed E-state index contributed by atoms with van der Waals surface area (Å²) in [6.45, 7) is 3.02. The van der Waals surface area contributed by atoms with Crippen molar-refractivity contribution < 1.29 is 13.6 Å². The molecule has 0 spiro atoms. The van der Waals surface area contributed by atoms with E-state index in [1.54, 1.807) is 11.0 Å². The maximum Gasteiger partial charge on any atom is 0.253 e. The number of nitrogens with zero attached hydrogens (tertiary/aromatic N) is 1. The van der Waals surface area contributed by atoms with E-state index in [9.17, 15) is 13.6 Å². The molecule has 1 aromatic carbocycles. The summed E-state index contributed by atoms with van der Waals surface area (Å²) in [5, 5.41) is 3.21. The van der Waals surface area contributed by atoms with Gasteiger partial charge in [-0.05, 0) is 62.4 Å². The van der Waals surface area contributed by atoms with Gasteiger partial charge in [-0.25, -0.2) is 8.78 Å². The number of rotatable bonds is 2. The number of hydrogen-bond donors (Lipinski definition) is 1. The van der Waals surface area contributed by atoms with Crippen LogP contribution in [0.15, 0.2) is 12.1 Å². The molecule has 2 aliphatic heterocycles. The first-order valence-electron chi connectivity index (χ1n) is 7.66. The fraction of sp³-hybridized carbons (Fsp3) is 0.562. The molecule has 2 saturated heterocycles. The second kappa shape index (κ2) is 7.38. The lowest BCUT2D eigenvalue weighted by Crippen LogP contribution is -2.29. The third-order valence-corrected chi connectivity index (χ3v) is 4.48. The van der Waals surface area contributed by atoms with Crippen molar-refractivity contribution in [1.82, 2.24) is 10.2 Å². The molecule has 0 aliphatic carbocycles. The van der Waals surface area contributed by atoms with Gasteiger partial charge in [0.05, 0.1) is 0 Å². The molecule has 1 aromatic rings. The maximum absolute atomic E-state index is 14.1. The average molecular weight is 331 g/mol. The van der Waals surface area contributed by atoms with Crippen molar-refractivity contribution >= 4 is 18.3 Å². The van der Waals surface area contributed by atoms with Crippen LogP contribution in [0.4, 0.5) is 8.78 Å². The Hall–Kier alpha value is -1.20. The molecule has 6 heteroatoms. The van der Waals surface area contributed by atoms with Gasteiger partial charge in [0.1, 0.15) is 0 Å². The molecule has 2 aliphatic rings. The van der Waals surface area contributed by atoms with E-state index < -0.39 is 11.6 Å². The van der Waals surface area contributed by atoms with Gasteiger partial charge >= 0.3 is 0 Å². The fourth-order valence-corrected chi connectivity index (χ4v) is 3.27. The lowest BCUT2D eigenvalue weighted by Gasteiger charge is -2.24. The van der Waals surface area contributed by atoms with Crippen molar-refractivity contribution in [3.63, 3.8) is 0 Å². The number of amides is 1. The lowest BCUT2D eigenvalue weighted by atomic mass is 9.88. The summed E-state index contributed by atoms with van der Waals surface area (Å²) in [5.41, 5.74) is 0.642. The van der Waals surface area contributed by atoms with E-state index in [2.05, 4.69) is 5.32 Å². The molecular formula is C16H21ClF2N2O. The highest BCUT2D eigenvalue weighted by atomic mass is 35.5. The Labute approximate surface area is 135 Å². The van der Waals surface area contributed by atoms with Crippen molar-refractivity contribution in [3.8, 4) is 0 Å². The summed E-state index contributed by atoms with van der Waals surface area (Å²) in [5.74, 6) is -1.89. The Balaban J connectivity index is 0.00000176. The number of carbonyl (C=O) groups is 1. The van der Waals surface area contributed by atoms with Gasteiger partial charge in [0, 0.05) is 18.7 Å². The van der Waals surface area contributed by atoms with Crippen LogP contribution in [0, 0.1) is 11.6 Å². The molecule has 3 rings (SSSR count). The Kier molecular flexibility index (Phi) is 5.75. The van der Waals surface area contributed by atoms with E-state index in [4.69, 9.17) is 0 Å². The molecule has 0 aromatic heterocycles. The zero-order chi connectivity index (χ0) is 14.8. The lowest BCUT2D eigenvalue weighted by molar-refractivity contribution is 0.0792. The SMILES string of the molecule is Cl.O=C(c1cc(F)c(F)c(C2CCNCC2)c1)N1CCCC1. The van der Waals surface area contributed by atoms with Gasteiger partial charge < -0.3 is 10.2 Å². The minimum absolute atomic E-state index is 0. The van der Waals surface area contributed by atoms with Gasteiger partial charge in [-0.1, -0.05) is 0 Å². The summed E-state index contributed by atoms with van der Waals surface area (Å²) >= 11 is 0. The molecule has 0 atom stereocenters. The first-order chi connectivity index (χ1) is 10.2. The van der Waals surface area contributed by atoms with E-state index in [0.29, 0.717) is 18.7 Å². The monoisotopic (exact) mass is 330 g/mol. The molecule has 0 unspecified atom stereocenters. The quantitative estimate of drug-likeness (QED) is 0.903. The zero-order valence-corrected chi connectivity index (χ0v) is 13.2. The molecule has 0 radical (unpaired) electrons. The van der Waals surface area contributed by atoms with Gasteiger partial charge in [0.15, 0.2) is 11.6 Å². The van der Waals surface area contributed by atoms with Crippen LogP contribution >= 0.6 is 12.4 Å². The van der Waals surface area contributed by atoms with Crippen molar-refractivity contribution in [1.29, 1.82) is 0 Å². The molecule has 122 valence electrons. The number of carbonyl (C=O) groups excluding carboxylic acids is 1. The van der Waals surface area contributed by atoms with Crippen LogP contribution in [0.2, 0.25) is 0 Å². The smallest absolute Gasteiger partial charge is 0.253 e. The van der Waals surface area contributed by atoms with Crippen molar-refractivity contribution in [3.05, 3.63) is 34.9 Å². The highest BCUT2D eigenvalue weighted by molar-refractivity contribution is 5.94. The first-order valence-corrected chi connectivity index (χ1v) is 7.66. The van der Waals surface area contributed by atoms with Gasteiger partial charge in [-0.3, -0.25) is 4.79 Å². The average Bonchev–Trinajstić information content (AvgIpc) is 3.04. The van der Waals surface area contributed by atoms with Crippen LogP contribution in [0.5, 0.6) is 0 Å². The molecule has 3 nitrogen and oxygen atoms in total. The number of hydrogen-bond acceptors (Lipinski definition) is 2.